The Morgan fingerprint density at radius 3 is 2.58 bits per heavy atom. The Balaban J connectivity index is 2.57. The third kappa shape index (κ3) is 1.94. The Kier molecular flexibility index (Phi) is 2.80. The summed E-state index contributed by atoms with van der Waals surface area (Å²) in [6, 6.07) is 3.83. The summed E-state index contributed by atoms with van der Waals surface area (Å²) in [6.07, 6.45) is -3.63. The molecule has 19 heavy (non-hydrogen) atoms. The van der Waals surface area contributed by atoms with Gasteiger partial charge in [0.1, 0.15) is 0 Å². The first-order chi connectivity index (χ1) is 8.78. The van der Waals surface area contributed by atoms with Crippen LogP contribution < -0.4 is 5.43 Å². The van der Waals surface area contributed by atoms with Gasteiger partial charge in [0.25, 0.3) is 0 Å². The summed E-state index contributed by atoms with van der Waals surface area (Å²) in [5, 5.41) is 20.2. The zero-order valence-electron chi connectivity index (χ0n) is 9.32. The number of halogens is 3. The van der Waals surface area contributed by atoms with E-state index in [1.807, 2.05) is 0 Å². The van der Waals surface area contributed by atoms with Gasteiger partial charge in [-0.05, 0) is 17.7 Å². The molecule has 2 rings (SSSR count). The maximum absolute atomic E-state index is 12.6. The van der Waals surface area contributed by atoms with Gasteiger partial charge in [-0.1, -0.05) is 12.1 Å². The van der Waals surface area contributed by atoms with Crippen LogP contribution in [-0.4, -0.2) is 23.0 Å². The molecule has 1 aromatic rings. The van der Waals surface area contributed by atoms with Crippen LogP contribution in [0.15, 0.2) is 29.4 Å². The van der Waals surface area contributed by atoms with Crippen molar-refractivity contribution in [2.24, 2.45) is 5.10 Å². The van der Waals surface area contributed by atoms with E-state index in [0.29, 0.717) is 6.07 Å². The van der Waals surface area contributed by atoms with Gasteiger partial charge in [-0.3, -0.25) is 5.43 Å². The highest BCUT2D eigenvalue weighted by Crippen LogP contribution is 2.33. The second-order valence-corrected chi connectivity index (χ2v) is 3.92. The minimum atomic E-state index is -4.59. The summed E-state index contributed by atoms with van der Waals surface area (Å²) in [4.78, 5) is 11.3. The molecule has 0 saturated carbocycles. The first-order valence-electron chi connectivity index (χ1n) is 5.09. The molecule has 1 atom stereocenters. The molecule has 0 bridgehead atoms. The molecule has 1 aliphatic heterocycles. The normalized spacial score (nSPS) is 22.4. The molecule has 0 fully saturated rings. The van der Waals surface area contributed by atoms with Crippen molar-refractivity contribution in [2.45, 2.75) is 11.7 Å². The van der Waals surface area contributed by atoms with Crippen LogP contribution in [0.4, 0.5) is 13.2 Å². The van der Waals surface area contributed by atoms with Gasteiger partial charge in [0, 0.05) is 0 Å². The smallest absolute Gasteiger partial charge is 0.416 e. The van der Waals surface area contributed by atoms with Gasteiger partial charge in [0.05, 0.1) is 17.5 Å². The van der Waals surface area contributed by atoms with Crippen LogP contribution in [-0.2, 0) is 16.5 Å². The molecule has 8 heteroatoms. The molecule has 0 saturated heterocycles. The minimum absolute atomic E-state index is 0.197. The lowest BCUT2D eigenvalue weighted by Crippen LogP contribution is -2.49. The Bertz CT molecular complexity index is 583. The minimum Gasteiger partial charge on any atom is -0.479 e. The summed E-state index contributed by atoms with van der Waals surface area (Å²) < 4.78 is 37.9. The number of benzene rings is 1. The summed E-state index contributed by atoms with van der Waals surface area (Å²) >= 11 is 0. The maximum atomic E-state index is 12.6. The van der Waals surface area contributed by atoms with Gasteiger partial charge >= 0.3 is 12.1 Å². The Morgan fingerprint density at radius 2 is 2.11 bits per heavy atom. The molecular weight excluding hydrogens is 263 g/mol. The fraction of sp³-hybridized carbons (Fsp3) is 0.182. The molecule has 0 amide bonds. The molecule has 3 N–H and O–H groups in total. The van der Waals surface area contributed by atoms with Crippen LogP contribution >= 0.6 is 0 Å². The molecule has 0 radical (unpaired) electrons. The molecule has 5 nitrogen and oxygen atoms in total. The van der Waals surface area contributed by atoms with E-state index in [2.05, 4.69) is 10.5 Å². The fourth-order valence-electron chi connectivity index (χ4n) is 1.79. The highest BCUT2D eigenvalue weighted by Gasteiger charge is 2.48. The number of carboxylic acid groups (broad SMARTS) is 1. The predicted octanol–water partition coefficient (Wildman–Crippen LogP) is 1.59. The molecule has 0 aromatic heterocycles. The van der Waals surface area contributed by atoms with E-state index in [4.69, 9.17) is 5.41 Å². The molecule has 100 valence electrons. The molecule has 0 spiro atoms. The zero-order valence-corrected chi connectivity index (χ0v) is 9.32. The molecule has 0 aliphatic carbocycles. The van der Waals surface area contributed by atoms with Crippen molar-refractivity contribution in [3.8, 4) is 0 Å². The SMILES string of the molecule is N=C1C=NNC1(C(=O)O)c1cccc(C(F)(F)F)c1. The van der Waals surface area contributed by atoms with Crippen LogP contribution in [0, 0.1) is 5.41 Å². The zero-order chi connectivity index (χ0) is 14.3. The Morgan fingerprint density at radius 1 is 1.42 bits per heavy atom. The standard InChI is InChI=1S/C11H8F3N3O2/c12-11(13,14)7-3-1-2-6(4-7)10(9(18)19)8(15)5-16-17-10/h1-5,15,17H,(H,18,19). The van der Waals surface area contributed by atoms with Crippen LogP contribution in [0.1, 0.15) is 11.1 Å². The third-order valence-corrected chi connectivity index (χ3v) is 2.77. The lowest BCUT2D eigenvalue weighted by atomic mass is 9.86. The molecule has 1 aliphatic rings. The van der Waals surface area contributed by atoms with E-state index < -0.39 is 29.0 Å². The van der Waals surface area contributed by atoms with Crippen LogP contribution in [0.3, 0.4) is 0 Å². The van der Waals surface area contributed by atoms with Gasteiger partial charge in [0.2, 0.25) is 5.54 Å². The second kappa shape index (κ2) is 4.08. The number of rotatable bonds is 2. The van der Waals surface area contributed by atoms with E-state index in [0.717, 1.165) is 18.3 Å². The van der Waals surface area contributed by atoms with Crippen LogP contribution in [0.25, 0.3) is 0 Å². The van der Waals surface area contributed by atoms with Crippen LogP contribution in [0.2, 0.25) is 0 Å². The summed E-state index contributed by atoms with van der Waals surface area (Å²) in [5.74, 6) is -1.49. The number of hydrogen-bond donors (Lipinski definition) is 3. The Labute approximate surface area is 105 Å². The fourth-order valence-corrected chi connectivity index (χ4v) is 1.79. The number of alkyl halides is 3. The van der Waals surface area contributed by atoms with Gasteiger partial charge in [-0.15, -0.1) is 0 Å². The monoisotopic (exact) mass is 271 g/mol. The van der Waals surface area contributed by atoms with E-state index in [1.54, 1.807) is 0 Å². The van der Waals surface area contributed by atoms with Crippen molar-refractivity contribution >= 4 is 17.9 Å². The highest BCUT2D eigenvalue weighted by molar-refractivity contribution is 6.39. The maximum Gasteiger partial charge on any atom is 0.416 e. The van der Waals surface area contributed by atoms with Crippen molar-refractivity contribution in [3.05, 3.63) is 35.4 Å². The number of hydrogen-bond acceptors (Lipinski definition) is 4. The summed E-state index contributed by atoms with van der Waals surface area (Å²) in [7, 11) is 0. The average molecular weight is 271 g/mol. The van der Waals surface area contributed by atoms with E-state index >= 15 is 0 Å². The number of nitrogens with one attached hydrogen (secondary N) is 2. The lowest BCUT2D eigenvalue weighted by molar-refractivity contribution is -0.142. The quantitative estimate of drug-likeness (QED) is 0.763. The van der Waals surface area contributed by atoms with E-state index in [1.165, 1.54) is 6.07 Å². The number of aliphatic carboxylic acids is 1. The lowest BCUT2D eigenvalue weighted by Gasteiger charge is -2.25. The predicted molar refractivity (Wildman–Crippen MR) is 60.1 cm³/mol. The second-order valence-electron chi connectivity index (χ2n) is 3.92. The molecular formula is C11H8F3N3O2. The number of nitrogens with zero attached hydrogens (tertiary/aromatic N) is 1. The summed E-state index contributed by atoms with van der Waals surface area (Å²) in [5.41, 5.74) is -1.48. The third-order valence-electron chi connectivity index (χ3n) is 2.77. The number of hydrazone groups is 1. The Hall–Kier alpha value is -2.38. The first kappa shape index (κ1) is 13.1. The number of carboxylic acids is 1. The highest BCUT2D eigenvalue weighted by atomic mass is 19.4. The van der Waals surface area contributed by atoms with Crippen molar-refractivity contribution in [1.29, 1.82) is 5.41 Å². The van der Waals surface area contributed by atoms with Crippen LogP contribution in [0.5, 0.6) is 0 Å². The van der Waals surface area contributed by atoms with Gasteiger partial charge in [0.15, 0.2) is 0 Å². The van der Waals surface area contributed by atoms with Crippen molar-refractivity contribution in [3.63, 3.8) is 0 Å². The van der Waals surface area contributed by atoms with E-state index in [-0.39, 0.29) is 5.56 Å². The molecule has 1 aromatic carbocycles. The van der Waals surface area contributed by atoms with Crippen molar-refractivity contribution in [1.82, 2.24) is 5.43 Å². The summed E-state index contributed by atoms with van der Waals surface area (Å²) in [6.45, 7) is 0. The largest absolute Gasteiger partial charge is 0.479 e. The topological polar surface area (TPSA) is 85.5 Å². The van der Waals surface area contributed by atoms with Gasteiger partial charge in [-0.2, -0.15) is 18.3 Å². The van der Waals surface area contributed by atoms with Crippen molar-refractivity contribution < 1.29 is 23.1 Å². The van der Waals surface area contributed by atoms with Gasteiger partial charge in [-0.25, -0.2) is 4.79 Å². The number of carbonyl (C=O) groups is 1. The van der Waals surface area contributed by atoms with Gasteiger partial charge < -0.3 is 10.5 Å². The first-order valence-corrected chi connectivity index (χ1v) is 5.09. The molecule has 1 heterocycles. The van der Waals surface area contributed by atoms with Crippen molar-refractivity contribution in [2.75, 3.05) is 0 Å². The van der Waals surface area contributed by atoms with E-state index in [9.17, 15) is 23.1 Å². The average Bonchev–Trinajstić information content (AvgIpc) is 2.71. The molecule has 1 unspecified atom stereocenters.